The molecule has 0 radical (unpaired) electrons. The number of rotatable bonds is 27. The van der Waals surface area contributed by atoms with E-state index in [1.54, 1.807) is 0 Å². The summed E-state index contributed by atoms with van der Waals surface area (Å²) in [5.41, 5.74) is 12.3. The predicted molar refractivity (Wildman–Crippen MR) is 221 cm³/mol. The molecule has 3 fully saturated rings. The number of unbranched alkanes of at least 4 members (excludes halogenated alkanes) is 2. The first kappa shape index (κ1) is 50.2. The molecule has 342 valence electrons. The Morgan fingerprint density at radius 3 is 2.15 bits per heavy atom. The molecule has 61 heavy (non-hydrogen) atoms. The van der Waals surface area contributed by atoms with Crippen LogP contribution in [-0.4, -0.2) is 125 Å². The van der Waals surface area contributed by atoms with E-state index in [9.17, 15) is 47.9 Å². The van der Waals surface area contributed by atoms with Crippen LogP contribution in [0.1, 0.15) is 103 Å². The topological polar surface area (TPSA) is 351 Å². The van der Waals surface area contributed by atoms with Crippen LogP contribution >= 0.6 is 11.8 Å². The van der Waals surface area contributed by atoms with Crippen LogP contribution in [0.25, 0.3) is 0 Å². The van der Waals surface area contributed by atoms with Gasteiger partial charge in [-0.05, 0) is 64.2 Å². The van der Waals surface area contributed by atoms with E-state index >= 15 is 0 Å². The highest BCUT2D eigenvalue weighted by Gasteiger charge is 2.42. The second-order valence-electron chi connectivity index (χ2n) is 15.8. The van der Waals surface area contributed by atoms with E-state index in [-0.39, 0.29) is 55.6 Å². The zero-order chi connectivity index (χ0) is 44.9. The molecule has 0 aromatic heterocycles. The van der Waals surface area contributed by atoms with Crippen LogP contribution < -0.4 is 59.5 Å². The highest BCUT2D eigenvalue weighted by atomic mass is 32.2. The van der Waals surface area contributed by atoms with Crippen molar-refractivity contribution in [3.8, 4) is 0 Å². The van der Waals surface area contributed by atoms with Crippen LogP contribution in [0.2, 0.25) is 0 Å². The molecule has 0 aromatic rings. The van der Waals surface area contributed by atoms with Crippen LogP contribution in [0.4, 0.5) is 4.79 Å². The molecule has 2 heterocycles. The molecule has 1 aliphatic carbocycles. The Morgan fingerprint density at radius 2 is 1.46 bits per heavy atom. The van der Waals surface area contributed by atoms with E-state index in [2.05, 4.69) is 42.5 Å². The molecule has 14 N–H and O–H groups in total. The molecule has 2 saturated heterocycles. The lowest BCUT2D eigenvalue weighted by Gasteiger charge is -2.30. The normalized spacial score (nSPS) is 20.2. The summed E-state index contributed by atoms with van der Waals surface area (Å²) < 4.78 is 0. The van der Waals surface area contributed by atoms with Gasteiger partial charge in [0.2, 0.25) is 53.2 Å². The summed E-state index contributed by atoms with van der Waals surface area (Å²) in [6.45, 7) is 0.593. The molecule has 11 amide bonds. The number of amides is 11. The Balaban J connectivity index is 1.32. The van der Waals surface area contributed by atoms with Gasteiger partial charge in [0.05, 0.1) is 25.2 Å². The zero-order valence-corrected chi connectivity index (χ0v) is 35.5. The van der Waals surface area contributed by atoms with Gasteiger partial charge in [-0.15, -0.1) is 0 Å². The lowest BCUT2D eigenvalue weighted by molar-refractivity contribution is -0.138. The van der Waals surface area contributed by atoms with Crippen molar-refractivity contribution in [1.29, 1.82) is 0 Å². The molecule has 0 spiro atoms. The van der Waals surface area contributed by atoms with E-state index in [1.807, 2.05) is 11.8 Å². The molecule has 7 atom stereocenters. The average molecular weight is 882 g/mol. The minimum Gasteiger partial charge on any atom is -0.370 e. The second kappa shape index (κ2) is 26.2. The molecule has 0 aromatic carbocycles. The van der Waals surface area contributed by atoms with Gasteiger partial charge in [0, 0.05) is 42.7 Å². The first-order chi connectivity index (χ1) is 29.1. The van der Waals surface area contributed by atoms with Crippen molar-refractivity contribution in [2.75, 3.05) is 25.4 Å². The highest BCUT2D eigenvalue weighted by molar-refractivity contribution is 8.00. The second-order valence-corrected chi connectivity index (χ2v) is 17.0. The van der Waals surface area contributed by atoms with E-state index in [0.717, 1.165) is 44.3 Å². The lowest BCUT2D eigenvalue weighted by atomic mass is 9.78. The smallest absolute Gasteiger partial charge is 0.315 e. The summed E-state index contributed by atoms with van der Waals surface area (Å²) in [4.78, 5) is 124. The van der Waals surface area contributed by atoms with Gasteiger partial charge in [0.1, 0.15) is 18.1 Å². The van der Waals surface area contributed by atoms with Crippen molar-refractivity contribution in [1.82, 2.24) is 48.0 Å². The lowest BCUT2D eigenvalue weighted by Crippen LogP contribution is -2.55. The van der Waals surface area contributed by atoms with Gasteiger partial charge in [-0.25, -0.2) is 10.3 Å². The Morgan fingerprint density at radius 1 is 0.738 bits per heavy atom. The summed E-state index contributed by atoms with van der Waals surface area (Å²) >= 11 is 1.83. The van der Waals surface area contributed by atoms with E-state index in [0.29, 0.717) is 43.9 Å². The summed E-state index contributed by atoms with van der Waals surface area (Å²) in [6.07, 6.45) is 7.31. The maximum Gasteiger partial charge on any atom is 0.315 e. The quantitative estimate of drug-likeness (QED) is 0.0177. The first-order valence-corrected chi connectivity index (χ1v) is 22.0. The van der Waals surface area contributed by atoms with Crippen molar-refractivity contribution in [2.24, 2.45) is 23.3 Å². The minimum atomic E-state index is -1.30. The largest absolute Gasteiger partial charge is 0.370 e. The zero-order valence-electron chi connectivity index (χ0n) is 34.6. The number of fused-ring (bicyclic) bond motifs is 1. The minimum absolute atomic E-state index is 0.0854. The van der Waals surface area contributed by atoms with E-state index < -0.39 is 84.4 Å². The average Bonchev–Trinajstić information content (AvgIpc) is 3.79. The summed E-state index contributed by atoms with van der Waals surface area (Å²) in [5.74, 6) is -6.20. The van der Waals surface area contributed by atoms with E-state index in [1.165, 1.54) is 12.4 Å². The maximum absolute atomic E-state index is 13.4. The predicted octanol–water partition coefficient (Wildman–Crippen LogP) is -2.45. The number of hydroxylamine groups is 1. The molecule has 0 bridgehead atoms. The fraction of sp³-hybridized carbons (Fsp3) is 0.737. The molecule has 22 nitrogen and oxygen atoms in total. The van der Waals surface area contributed by atoms with Gasteiger partial charge in [0.15, 0.2) is 0 Å². The molecular formula is C38H63N11O11S. The van der Waals surface area contributed by atoms with Crippen molar-refractivity contribution < 1.29 is 53.2 Å². The van der Waals surface area contributed by atoms with Crippen LogP contribution in [-0.2, 0) is 43.2 Å². The highest BCUT2D eigenvalue weighted by Crippen LogP contribution is 2.34. The summed E-state index contributed by atoms with van der Waals surface area (Å²) in [6, 6.07) is -3.36. The van der Waals surface area contributed by atoms with Crippen LogP contribution in [0, 0.1) is 11.8 Å². The molecule has 3 rings (SSSR count). The Bertz CT molecular complexity index is 1580. The molecular weight excluding hydrogens is 819 g/mol. The number of nitrogens with one attached hydrogen (secondary N) is 9. The van der Waals surface area contributed by atoms with Crippen LogP contribution in [0.5, 0.6) is 0 Å². The van der Waals surface area contributed by atoms with E-state index in [4.69, 9.17) is 16.7 Å². The van der Waals surface area contributed by atoms with Crippen LogP contribution in [0.3, 0.4) is 0 Å². The van der Waals surface area contributed by atoms with Crippen molar-refractivity contribution in [2.45, 2.75) is 139 Å². The van der Waals surface area contributed by atoms with Gasteiger partial charge >= 0.3 is 6.03 Å². The SMILES string of the molecule is C[C@H](NC(=O)[C@H](CCC(N)=O)NC(=O)C(CC(=O)NO)C1CCCCC1)C(=O)NCC(=O)NCC(=O)N[C@@H](CCCCNC(=O)CCCC[C@@H]1SC[C@@H]2NC(=O)N[C@@H]21)C(N)=O. The van der Waals surface area contributed by atoms with Crippen LogP contribution in [0.15, 0.2) is 0 Å². The molecule has 1 unspecified atom stereocenters. The molecule has 1 saturated carbocycles. The van der Waals surface area contributed by atoms with Gasteiger partial charge in [-0.2, -0.15) is 11.8 Å². The molecule has 3 aliphatic rings. The van der Waals surface area contributed by atoms with Crippen molar-refractivity contribution in [3.63, 3.8) is 0 Å². The van der Waals surface area contributed by atoms with Gasteiger partial charge < -0.3 is 54.0 Å². The third-order valence-electron chi connectivity index (χ3n) is 11.0. The number of carbonyl (C=O) groups excluding carboxylic acids is 10. The Labute approximate surface area is 358 Å². The molecule has 23 heteroatoms. The fourth-order valence-corrected chi connectivity index (χ4v) is 9.17. The third kappa shape index (κ3) is 18.1. The van der Waals surface area contributed by atoms with Gasteiger partial charge in [-0.3, -0.25) is 48.4 Å². The fourth-order valence-electron chi connectivity index (χ4n) is 7.63. The number of primary amides is 2. The van der Waals surface area contributed by atoms with Gasteiger partial charge in [0.25, 0.3) is 0 Å². The van der Waals surface area contributed by atoms with Gasteiger partial charge in [-0.1, -0.05) is 25.7 Å². The number of thioether (sulfide) groups is 1. The number of urea groups is 1. The van der Waals surface area contributed by atoms with Crippen molar-refractivity contribution >= 4 is 71.0 Å². The summed E-state index contributed by atoms with van der Waals surface area (Å²) in [7, 11) is 0. The maximum atomic E-state index is 13.4. The Hall–Kier alpha value is -5.19. The molecule has 2 aliphatic heterocycles. The van der Waals surface area contributed by atoms with Crippen molar-refractivity contribution in [3.05, 3.63) is 0 Å². The third-order valence-corrected chi connectivity index (χ3v) is 12.5. The first-order valence-electron chi connectivity index (χ1n) is 21.0. The Kier molecular flexibility index (Phi) is 21.6. The number of carbonyl (C=O) groups is 10. The monoisotopic (exact) mass is 881 g/mol. The standard InChI is InChI=1S/C38H63N11O11S/c1-21(44-37(58)25(14-15-28(39)50)46-36(57)23(17-30(52)49-60)22-9-3-2-4-10-22)35(56)43-18-31(53)42-19-32(54)45-24(34(40)55)11-7-8-16-41-29(51)13-6-5-12-27-33-26(20-61-27)47-38(59)48-33/h21-27,33,60H,2-20H2,1H3,(H2,39,50)(H2,40,55)(H,41,51)(H,42,53)(H,43,56)(H,44,58)(H,45,54)(H,46,57)(H,49,52)(H2,47,48,59)/t21-,23?,24-,25-,26-,27-,33-/m0/s1. The number of hydrogen-bond acceptors (Lipinski definition) is 12. The summed E-state index contributed by atoms with van der Waals surface area (Å²) in [5, 5.41) is 30.2. The number of nitrogens with two attached hydrogens (primary N) is 2. The number of hydrogen-bond donors (Lipinski definition) is 12.